The molecule has 8 heteroatoms. The zero-order chi connectivity index (χ0) is 14.3. The Labute approximate surface area is 126 Å². The van der Waals surface area contributed by atoms with Crippen molar-refractivity contribution in [2.75, 3.05) is 11.5 Å². The monoisotopic (exact) mass is 334 g/mol. The third kappa shape index (κ3) is 2.93. The number of rotatable bonds is 3. The lowest BCUT2D eigenvalue weighted by Gasteiger charge is -2.07. The number of oxazole rings is 1. The molecule has 0 spiro atoms. The summed E-state index contributed by atoms with van der Waals surface area (Å²) in [5.41, 5.74) is 1.09. The van der Waals surface area contributed by atoms with Gasteiger partial charge in [0.05, 0.1) is 23.1 Å². The predicted octanol–water partition coefficient (Wildman–Crippen LogP) is 2.41. The lowest BCUT2D eigenvalue weighted by molar-refractivity contribution is 0.463. The van der Waals surface area contributed by atoms with E-state index in [1.54, 1.807) is 12.1 Å². The van der Waals surface area contributed by atoms with Crippen LogP contribution in [0.1, 0.15) is 12.3 Å². The summed E-state index contributed by atoms with van der Waals surface area (Å²) >= 11 is 11.9. The average molecular weight is 335 g/mol. The second kappa shape index (κ2) is 5.18. The second-order valence-electron chi connectivity index (χ2n) is 4.82. The highest BCUT2D eigenvalue weighted by molar-refractivity contribution is 7.91. The molecule has 1 aliphatic heterocycles. The summed E-state index contributed by atoms with van der Waals surface area (Å²) in [4.78, 5) is 4.28. The maximum atomic E-state index is 11.4. The first kappa shape index (κ1) is 14.1. The minimum Gasteiger partial charge on any atom is -0.438 e. The first-order valence-electron chi connectivity index (χ1n) is 6.11. The van der Waals surface area contributed by atoms with E-state index < -0.39 is 9.84 Å². The van der Waals surface area contributed by atoms with Crippen molar-refractivity contribution in [2.45, 2.75) is 19.0 Å². The van der Waals surface area contributed by atoms with Gasteiger partial charge in [0.15, 0.2) is 15.4 Å². The molecule has 1 fully saturated rings. The third-order valence-electron chi connectivity index (χ3n) is 3.23. The Morgan fingerprint density at radius 3 is 2.90 bits per heavy atom. The highest BCUT2D eigenvalue weighted by Crippen LogP contribution is 2.28. The summed E-state index contributed by atoms with van der Waals surface area (Å²) in [6.45, 7) is 0.364. The number of halogens is 2. The van der Waals surface area contributed by atoms with E-state index in [4.69, 9.17) is 27.6 Å². The lowest BCUT2D eigenvalue weighted by Crippen LogP contribution is -2.29. The molecule has 20 heavy (non-hydrogen) atoms. The molecular formula is C12H12Cl2N2O3S. The van der Waals surface area contributed by atoms with Crippen LogP contribution in [-0.2, 0) is 16.4 Å². The Kier molecular flexibility index (Phi) is 3.66. The zero-order valence-electron chi connectivity index (χ0n) is 10.4. The van der Waals surface area contributed by atoms with Crippen molar-refractivity contribution in [3.63, 3.8) is 0 Å². The highest BCUT2D eigenvalue weighted by Gasteiger charge is 2.27. The second-order valence-corrected chi connectivity index (χ2v) is 7.90. The molecule has 1 aliphatic rings. The van der Waals surface area contributed by atoms with Gasteiger partial charge in [-0.25, -0.2) is 13.4 Å². The average Bonchev–Trinajstić information content (AvgIpc) is 2.90. The summed E-state index contributed by atoms with van der Waals surface area (Å²) in [6.07, 6.45) is 0.620. The first-order chi connectivity index (χ1) is 9.43. The van der Waals surface area contributed by atoms with Gasteiger partial charge < -0.3 is 9.73 Å². The Bertz CT molecular complexity index is 757. The Balaban J connectivity index is 1.74. The fraction of sp³-hybridized carbons (Fsp3) is 0.417. The normalized spacial score (nSPS) is 21.6. The molecule has 2 aromatic rings. The van der Waals surface area contributed by atoms with Gasteiger partial charge in [0, 0.05) is 11.1 Å². The summed E-state index contributed by atoms with van der Waals surface area (Å²) in [6, 6.07) is 3.22. The van der Waals surface area contributed by atoms with Crippen LogP contribution < -0.4 is 5.32 Å². The number of nitrogens with zero attached hydrogens (tertiary/aromatic N) is 1. The molecule has 1 N–H and O–H groups in total. The van der Waals surface area contributed by atoms with E-state index in [0.29, 0.717) is 40.0 Å². The Morgan fingerprint density at radius 1 is 1.40 bits per heavy atom. The minimum absolute atomic E-state index is 0.0472. The van der Waals surface area contributed by atoms with Crippen LogP contribution >= 0.6 is 23.2 Å². The van der Waals surface area contributed by atoms with Gasteiger partial charge in [0.2, 0.25) is 5.89 Å². The van der Waals surface area contributed by atoms with E-state index >= 15 is 0 Å². The molecule has 3 rings (SSSR count). The van der Waals surface area contributed by atoms with Gasteiger partial charge in [-0.3, -0.25) is 0 Å². The van der Waals surface area contributed by atoms with Gasteiger partial charge in [-0.05, 0) is 18.6 Å². The van der Waals surface area contributed by atoms with Crippen LogP contribution in [0, 0.1) is 0 Å². The predicted molar refractivity (Wildman–Crippen MR) is 77.9 cm³/mol. The highest BCUT2D eigenvalue weighted by atomic mass is 35.5. The molecule has 0 bridgehead atoms. The number of benzene rings is 1. The largest absolute Gasteiger partial charge is 0.438 e. The van der Waals surface area contributed by atoms with Crippen LogP contribution in [0.3, 0.4) is 0 Å². The van der Waals surface area contributed by atoms with Crippen LogP contribution in [0.25, 0.3) is 11.1 Å². The maximum absolute atomic E-state index is 11.4. The molecular weight excluding hydrogens is 323 g/mol. The Morgan fingerprint density at radius 2 is 2.20 bits per heavy atom. The van der Waals surface area contributed by atoms with Crippen molar-refractivity contribution < 1.29 is 12.8 Å². The minimum atomic E-state index is -2.89. The molecule has 0 amide bonds. The number of fused-ring (bicyclic) bond motifs is 1. The van der Waals surface area contributed by atoms with E-state index in [0.717, 1.165) is 0 Å². The van der Waals surface area contributed by atoms with Crippen molar-refractivity contribution in [1.82, 2.24) is 10.3 Å². The maximum Gasteiger partial charge on any atom is 0.209 e. The molecule has 1 unspecified atom stereocenters. The van der Waals surface area contributed by atoms with E-state index in [2.05, 4.69) is 10.3 Å². The summed E-state index contributed by atoms with van der Waals surface area (Å²) in [5.74, 6) is 0.868. The molecule has 0 saturated carbocycles. The van der Waals surface area contributed by atoms with Crippen molar-refractivity contribution in [2.24, 2.45) is 0 Å². The smallest absolute Gasteiger partial charge is 0.209 e. The van der Waals surface area contributed by atoms with E-state index in [9.17, 15) is 8.42 Å². The molecule has 108 valence electrons. The van der Waals surface area contributed by atoms with Crippen molar-refractivity contribution in [3.8, 4) is 0 Å². The van der Waals surface area contributed by atoms with E-state index in [1.165, 1.54) is 0 Å². The van der Waals surface area contributed by atoms with Gasteiger partial charge in [-0.1, -0.05) is 23.2 Å². The number of sulfone groups is 1. The molecule has 0 radical (unpaired) electrons. The molecule has 0 aliphatic carbocycles. The standard InChI is InChI=1S/C12H12Cl2N2O3S/c13-7-3-9(14)12-10(4-7)16-11(19-12)5-15-8-1-2-20(17,18)6-8/h3-4,8,15H,1-2,5-6H2. The van der Waals surface area contributed by atoms with Gasteiger partial charge in [0.25, 0.3) is 0 Å². The number of hydrogen-bond acceptors (Lipinski definition) is 5. The van der Waals surface area contributed by atoms with Crippen molar-refractivity contribution in [3.05, 3.63) is 28.1 Å². The van der Waals surface area contributed by atoms with Crippen molar-refractivity contribution in [1.29, 1.82) is 0 Å². The van der Waals surface area contributed by atoms with E-state index in [1.807, 2.05) is 0 Å². The molecule has 2 heterocycles. The molecule has 5 nitrogen and oxygen atoms in total. The number of hydrogen-bond donors (Lipinski definition) is 1. The van der Waals surface area contributed by atoms with Gasteiger partial charge >= 0.3 is 0 Å². The number of aromatic nitrogens is 1. The van der Waals surface area contributed by atoms with E-state index in [-0.39, 0.29) is 17.5 Å². The first-order valence-corrected chi connectivity index (χ1v) is 8.69. The quantitative estimate of drug-likeness (QED) is 0.933. The van der Waals surface area contributed by atoms with Crippen molar-refractivity contribution >= 4 is 44.1 Å². The zero-order valence-corrected chi connectivity index (χ0v) is 12.7. The van der Waals surface area contributed by atoms with Gasteiger partial charge in [-0.15, -0.1) is 0 Å². The van der Waals surface area contributed by atoms with Crippen LogP contribution in [0.2, 0.25) is 10.0 Å². The van der Waals surface area contributed by atoms with Gasteiger partial charge in [-0.2, -0.15) is 0 Å². The molecule has 1 aromatic heterocycles. The van der Waals surface area contributed by atoms with Crippen LogP contribution in [0.5, 0.6) is 0 Å². The topological polar surface area (TPSA) is 72.2 Å². The van der Waals surface area contributed by atoms with Crippen LogP contribution in [-0.4, -0.2) is 30.9 Å². The summed E-state index contributed by atoms with van der Waals surface area (Å²) in [7, 11) is -2.89. The van der Waals surface area contributed by atoms with Gasteiger partial charge in [0.1, 0.15) is 5.52 Å². The number of nitrogens with one attached hydrogen (secondary N) is 1. The SMILES string of the molecule is O=S1(=O)CCC(NCc2nc3cc(Cl)cc(Cl)c3o2)C1. The third-order valence-corrected chi connectivity index (χ3v) is 5.50. The summed E-state index contributed by atoms with van der Waals surface area (Å²) < 4.78 is 28.3. The molecule has 1 atom stereocenters. The van der Waals surface area contributed by atoms with Crippen LogP contribution in [0.15, 0.2) is 16.5 Å². The molecule has 1 aromatic carbocycles. The lowest BCUT2D eigenvalue weighted by atomic mass is 10.3. The summed E-state index contributed by atoms with van der Waals surface area (Å²) in [5, 5.41) is 4.05. The fourth-order valence-electron chi connectivity index (χ4n) is 2.27. The Hall–Kier alpha value is -0.820. The fourth-order valence-corrected chi connectivity index (χ4v) is 4.50. The van der Waals surface area contributed by atoms with Crippen LogP contribution in [0.4, 0.5) is 0 Å². The molecule has 1 saturated heterocycles.